The van der Waals surface area contributed by atoms with Crippen molar-refractivity contribution in [2.75, 3.05) is 0 Å². The predicted octanol–water partition coefficient (Wildman–Crippen LogP) is 2.24. The Hall–Kier alpha value is -1.01. The summed E-state index contributed by atoms with van der Waals surface area (Å²) in [6, 6.07) is 0. The Bertz CT molecular complexity index is 324. The third-order valence-electron chi connectivity index (χ3n) is 2.74. The van der Waals surface area contributed by atoms with E-state index < -0.39 is 6.55 Å². The molecule has 0 aliphatic heterocycles. The zero-order chi connectivity index (χ0) is 11.4. The average molecular weight is 231 g/mol. The monoisotopic (exact) mass is 231 g/mol. The molecule has 0 saturated heterocycles. The molecule has 2 rings (SSSR count). The number of halogens is 2. The summed E-state index contributed by atoms with van der Waals surface area (Å²) in [4.78, 5) is 9.20. The number of imidazole rings is 1. The molecule has 90 valence electrons. The lowest BCUT2D eigenvalue weighted by atomic mass is 10.3. The first-order valence-electron chi connectivity index (χ1n) is 5.46. The normalized spacial score (nSPS) is 17.4. The van der Waals surface area contributed by atoms with E-state index in [1.807, 2.05) is 0 Å². The van der Waals surface area contributed by atoms with Crippen molar-refractivity contribution in [3.8, 4) is 0 Å². The van der Waals surface area contributed by atoms with Crippen molar-refractivity contribution in [1.29, 1.82) is 0 Å². The topological polar surface area (TPSA) is 39.1 Å². The summed E-state index contributed by atoms with van der Waals surface area (Å²) in [5, 5.41) is 0. The molecule has 16 heavy (non-hydrogen) atoms. The van der Waals surface area contributed by atoms with Gasteiger partial charge >= 0.3 is 6.55 Å². The van der Waals surface area contributed by atoms with Crippen LogP contribution in [0.5, 0.6) is 0 Å². The molecule has 0 amide bonds. The van der Waals surface area contributed by atoms with Gasteiger partial charge in [-0.25, -0.2) is 4.98 Å². The molecule has 4 nitrogen and oxygen atoms in total. The molecule has 1 heterocycles. The Kier molecular flexibility index (Phi) is 3.84. The lowest BCUT2D eigenvalue weighted by Gasteiger charge is -2.12. The number of alkyl halides is 2. The van der Waals surface area contributed by atoms with Crippen LogP contribution in [0.4, 0.5) is 8.78 Å². The summed E-state index contributed by atoms with van der Waals surface area (Å²) in [7, 11) is 0. The molecule has 0 unspecified atom stereocenters. The second kappa shape index (κ2) is 5.36. The van der Waals surface area contributed by atoms with Gasteiger partial charge in [-0.2, -0.15) is 14.3 Å². The van der Waals surface area contributed by atoms with Crippen LogP contribution in [0.1, 0.15) is 38.1 Å². The standard InChI is InChI=1S/C10H15F2N3O/c11-10(12)15-6-5-13-9(15)7-14-16-8-3-1-2-4-8/h5-6,8,10,14H,1-4,7H2. The van der Waals surface area contributed by atoms with Gasteiger partial charge in [0, 0.05) is 12.4 Å². The van der Waals surface area contributed by atoms with E-state index in [4.69, 9.17) is 4.84 Å². The molecular formula is C10H15F2N3O. The van der Waals surface area contributed by atoms with Crippen molar-refractivity contribution in [2.24, 2.45) is 0 Å². The molecule has 0 spiro atoms. The summed E-state index contributed by atoms with van der Waals surface area (Å²) < 4.78 is 25.7. The van der Waals surface area contributed by atoms with Crippen molar-refractivity contribution in [3.05, 3.63) is 18.2 Å². The van der Waals surface area contributed by atoms with Gasteiger partial charge in [-0.1, -0.05) is 12.8 Å². The zero-order valence-electron chi connectivity index (χ0n) is 8.90. The average Bonchev–Trinajstić information content (AvgIpc) is 2.87. The van der Waals surface area contributed by atoms with Crippen molar-refractivity contribution < 1.29 is 13.6 Å². The van der Waals surface area contributed by atoms with E-state index in [0.717, 1.165) is 17.4 Å². The van der Waals surface area contributed by atoms with Crippen molar-refractivity contribution in [3.63, 3.8) is 0 Å². The minimum atomic E-state index is -2.55. The molecule has 1 aromatic rings. The predicted molar refractivity (Wildman–Crippen MR) is 53.7 cm³/mol. The molecule has 1 N–H and O–H groups in total. The third kappa shape index (κ3) is 2.76. The van der Waals surface area contributed by atoms with Crippen LogP contribution in [-0.2, 0) is 11.4 Å². The first-order valence-corrected chi connectivity index (χ1v) is 5.46. The highest BCUT2D eigenvalue weighted by molar-refractivity contribution is 4.91. The summed E-state index contributed by atoms with van der Waals surface area (Å²) in [5.74, 6) is 0.285. The van der Waals surface area contributed by atoms with Gasteiger partial charge in [0.2, 0.25) is 0 Å². The number of nitrogens with zero attached hydrogens (tertiary/aromatic N) is 2. The summed E-state index contributed by atoms with van der Waals surface area (Å²) >= 11 is 0. The van der Waals surface area contributed by atoms with Crippen molar-refractivity contribution in [1.82, 2.24) is 15.0 Å². The third-order valence-corrected chi connectivity index (χ3v) is 2.74. The number of rotatable bonds is 5. The minimum Gasteiger partial charge on any atom is -0.298 e. The van der Waals surface area contributed by atoms with Crippen LogP contribution in [0.2, 0.25) is 0 Å². The molecule has 0 bridgehead atoms. The quantitative estimate of drug-likeness (QED) is 0.790. The van der Waals surface area contributed by atoms with Crippen molar-refractivity contribution in [2.45, 2.75) is 44.9 Å². The highest BCUT2D eigenvalue weighted by Gasteiger charge is 2.16. The lowest BCUT2D eigenvalue weighted by molar-refractivity contribution is -0.0276. The van der Waals surface area contributed by atoms with Crippen LogP contribution in [-0.4, -0.2) is 15.7 Å². The number of hydrogen-bond acceptors (Lipinski definition) is 3. The van der Waals surface area contributed by atoms with Crippen LogP contribution in [0.15, 0.2) is 12.4 Å². The van der Waals surface area contributed by atoms with Gasteiger partial charge in [0.15, 0.2) is 0 Å². The molecule has 1 fully saturated rings. The van der Waals surface area contributed by atoms with Crippen LogP contribution < -0.4 is 5.48 Å². The van der Waals surface area contributed by atoms with Crippen LogP contribution in [0.25, 0.3) is 0 Å². The molecule has 1 saturated carbocycles. The smallest absolute Gasteiger partial charge is 0.298 e. The Morgan fingerprint density at radius 3 is 2.94 bits per heavy atom. The van der Waals surface area contributed by atoms with Gasteiger partial charge in [-0.3, -0.25) is 9.40 Å². The zero-order valence-corrected chi connectivity index (χ0v) is 8.90. The van der Waals surface area contributed by atoms with E-state index in [-0.39, 0.29) is 18.5 Å². The molecule has 1 aromatic heterocycles. The van der Waals surface area contributed by atoms with Crippen LogP contribution in [0, 0.1) is 0 Å². The van der Waals surface area contributed by atoms with E-state index in [0.29, 0.717) is 0 Å². The van der Waals surface area contributed by atoms with Crippen molar-refractivity contribution >= 4 is 0 Å². The van der Waals surface area contributed by atoms with E-state index in [9.17, 15) is 8.78 Å². The molecule has 1 aliphatic carbocycles. The minimum absolute atomic E-state index is 0.202. The van der Waals surface area contributed by atoms with Crippen LogP contribution >= 0.6 is 0 Å². The highest BCUT2D eigenvalue weighted by atomic mass is 19.3. The highest BCUT2D eigenvalue weighted by Crippen LogP contribution is 2.20. The van der Waals surface area contributed by atoms with E-state index in [1.54, 1.807) is 0 Å². The first-order chi connectivity index (χ1) is 7.77. The number of aromatic nitrogens is 2. The molecule has 6 heteroatoms. The van der Waals surface area contributed by atoms with Gasteiger partial charge in [-0.05, 0) is 12.8 Å². The summed E-state index contributed by atoms with van der Waals surface area (Å²) in [5.41, 5.74) is 2.71. The SMILES string of the molecule is FC(F)n1ccnc1CNOC1CCCC1. The summed E-state index contributed by atoms with van der Waals surface area (Å²) in [6.45, 7) is -2.35. The van der Waals surface area contributed by atoms with E-state index in [1.165, 1.54) is 25.2 Å². The second-order valence-electron chi connectivity index (χ2n) is 3.87. The van der Waals surface area contributed by atoms with Gasteiger partial charge < -0.3 is 0 Å². The maximum absolute atomic E-state index is 12.4. The molecule has 0 radical (unpaired) electrons. The largest absolute Gasteiger partial charge is 0.319 e. The fourth-order valence-corrected chi connectivity index (χ4v) is 1.89. The van der Waals surface area contributed by atoms with Crippen LogP contribution in [0.3, 0.4) is 0 Å². The Morgan fingerprint density at radius 1 is 1.50 bits per heavy atom. The Balaban J connectivity index is 1.78. The maximum Gasteiger partial charge on any atom is 0.319 e. The fraction of sp³-hybridized carbons (Fsp3) is 0.700. The molecule has 0 aromatic carbocycles. The van der Waals surface area contributed by atoms with Gasteiger partial charge in [-0.15, -0.1) is 0 Å². The van der Waals surface area contributed by atoms with E-state index in [2.05, 4.69) is 10.5 Å². The maximum atomic E-state index is 12.4. The molecule has 0 atom stereocenters. The number of hydrogen-bond donors (Lipinski definition) is 1. The Morgan fingerprint density at radius 2 is 2.25 bits per heavy atom. The van der Waals surface area contributed by atoms with E-state index >= 15 is 0 Å². The second-order valence-corrected chi connectivity index (χ2v) is 3.87. The molecular weight excluding hydrogens is 216 g/mol. The number of hydroxylamine groups is 1. The van der Waals surface area contributed by atoms with Gasteiger partial charge in [0.05, 0.1) is 12.6 Å². The van der Waals surface area contributed by atoms with Gasteiger partial charge in [0.25, 0.3) is 0 Å². The lowest BCUT2D eigenvalue weighted by Crippen LogP contribution is -2.23. The number of nitrogens with one attached hydrogen (secondary N) is 1. The first kappa shape index (κ1) is 11.5. The summed E-state index contributed by atoms with van der Waals surface area (Å²) in [6.07, 6.45) is 7.27. The molecule has 1 aliphatic rings. The Labute approximate surface area is 92.6 Å². The van der Waals surface area contributed by atoms with Gasteiger partial charge in [0.1, 0.15) is 5.82 Å². The fourth-order valence-electron chi connectivity index (χ4n) is 1.89.